The van der Waals surface area contributed by atoms with Gasteiger partial charge in [0.15, 0.2) is 0 Å². The first-order chi connectivity index (χ1) is 10.8. The van der Waals surface area contributed by atoms with Crippen molar-refractivity contribution >= 4 is 0 Å². The van der Waals surface area contributed by atoms with Crippen LogP contribution in [0.15, 0.2) is 85.1 Å². The van der Waals surface area contributed by atoms with Gasteiger partial charge < -0.3 is 0 Å². The molecule has 0 radical (unpaired) electrons. The summed E-state index contributed by atoms with van der Waals surface area (Å²) in [5, 5.41) is 0. The van der Waals surface area contributed by atoms with Gasteiger partial charge in [0, 0.05) is 0 Å². The zero-order chi connectivity index (χ0) is 16.2. The molecule has 0 spiro atoms. The molecule has 0 bridgehead atoms. The van der Waals surface area contributed by atoms with Crippen LogP contribution in [0, 0.1) is 12.2 Å². The molecule has 0 atom stereocenters. The second kappa shape index (κ2) is 13.0. The van der Waals surface area contributed by atoms with E-state index in [0.29, 0.717) is 0 Å². The molecule has 1 heteroatoms. The fourth-order valence-electron chi connectivity index (χ4n) is 2.49. The molecule has 0 N–H and O–H groups in total. The Morgan fingerprint density at radius 2 is 1.04 bits per heavy atom. The van der Waals surface area contributed by atoms with Crippen molar-refractivity contribution in [2.75, 3.05) is 0 Å². The van der Waals surface area contributed by atoms with Crippen LogP contribution in [-0.2, 0) is 19.5 Å². The third-order valence-corrected chi connectivity index (χ3v) is 3.53. The second-order valence-electron chi connectivity index (χ2n) is 5.15. The minimum Gasteiger partial charge on any atom is -0.269 e. The third kappa shape index (κ3) is 7.57. The predicted octanol–water partition coefficient (Wildman–Crippen LogP) is 6.39. The van der Waals surface area contributed by atoms with E-state index in [0.717, 1.165) is 38.5 Å². The van der Waals surface area contributed by atoms with E-state index < -0.39 is 0 Å². The van der Waals surface area contributed by atoms with Gasteiger partial charge in [0.1, 0.15) is 0 Å². The molecule has 2 rings (SSSR count). The SMILES string of the molecule is C=CCC1=[C-]CC=C1CC=C.C=CCC1=[C-]CC=C1CC=C.[Ru+2]. The minimum atomic E-state index is 0. The molecule has 0 heterocycles. The first-order valence-electron chi connectivity index (χ1n) is 7.78. The molecule has 122 valence electrons. The van der Waals surface area contributed by atoms with Crippen molar-refractivity contribution < 1.29 is 19.5 Å². The van der Waals surface area contributed by atoms with E-state index in [2.05, 4.69) is 50.6 Å². The number of rotatable bonds is 8. The Hall–Kier alpha value is -1.46. The molecular weight excluding hydrogens is 365 g/mol. The number of hydrogen-bond donors (Lipinski definition) is 0. The van der Waals surface area contributed by atoms with Crippen LogP contribution in [-0.4, -0.2) is 0 Å². The summed E-state index contributed by atoms with van der Waals surface area (Å²) in [6.07, 6.45) is 24.5. The van der Waals surface area contributed by atoms with E-state index in [1.807, 2.05) is 24.3 Å². The maximum Gasteiger partial charge on any atom is 2.00 e. The third-order valence-electron chi connectivity index (χ3n) is 3.53. The smallest absolute Gasteiger partial charge is 0.269 e. The molecule has 0 nitrogen and oxygen atoms in total. The Morgan fingerprint density at radius 3 is 1.35 bits per heavy atom. The van der Waals surface area contributed by atoms with Crippen LogP contribution in [0.5, 0.6) is 0 Å². The average Bonchev–Trinajstić information content (AvgIpc) is 3.12. The van der Waals surface area contributed by atoms with Gasteiger partial charge in [-0.05, 0) is 12.8 Å². The topological polar surface area (TPSA) is 0 Å². The summed E-state index contributed by atoms with van der Waals surface area (Å²) in [4.78, 5) is 0. The quantitative estimate of drug-likeness (QED) is 0.255. The Morgan fingerprint density at radius 1 is 0.696 bits per heavy atom. The first-order valence-corrected chi connectivity index (χ1v) is 7.78. The molecule has 0 aromatic carbocycles. The Balaban J connectivity index is 0.000000403. The summed E-state index contributed by atoms with van der Waals surface area (Å²) < 4.78 is 0. The van der Waals surface area contributed by atoms with Crippen molar-refractivity contribution in [3.8, 4) is 0 Å². The summed E-state index contributed by atoms with van der Waals surface area (Å²) in [5.74, 6) is 0. The zero-order valence-electron chi connectivity index (χ0n) is 13.9. The van der Waals surface area contributed by atoms with Gasteiger partial charge in [0.2, 0.25) is 0 Å². The van der Waals surface area contributed by atoms with Crippen LogP contribution < -0.4 is 0 Å². The van der Waals surface area contributed by atoms with Crippen molar-refractivity contribution in [1.82, 2.24) is 0 Å². The van der Waals surface area contributed by atoms with Crippen LogP contribution in [0.4, 0.5) is 0 Å². The predicted molar refractivity (Wildman–Crippen MR) is 98.2 cm³/mol. The van der Waals surface area contributed by atoms with E-state index in [4.69, 9.17) is 0 Å². The van der Waals surface area contributed by atoms with Gasteiger partial charge in [0.25, 0.3) is 0 Å². The van der Waals surface area contributed by atoms with Crippen molar-refractivity contribution in [2.45, 2.75) is 38.5 Å². The van der Waals surface area contributed by atoms with Gasteiger partial charge in [-0.1, -0.05) is 25.0 Å². The molecule has 0 amide bonds. The van der Waals surface area contributed by atoms with Gasteiger partial charge >= 0.3 is 19.5 Å². The second-order valence-corrected chi connectivity index (χ2v) is 5.15. The summed E-state index contributed by atoms with van der Waals surface area (Å²) in [6.45, 7) is 14.8. The summed E-state index contributed by atoms with van der Waals surface area (Å²) in [6, 6.07) is 0. The fraction of sp³-hybridized carbons (Fsp3) is 0.273. The van der Waals surface area contributed by atoms with E-state index in [1.54, 1.807) is 0 Å². The minimum absolute atomic E-state index is 0. The van der Waals surface area contributed by atoms with Crippen molar-refractivity contribution in [1.29, 1.82) is 0 Å². The fourth-order valence-corrected chi connectivity index (χ4v) is 2.49. The molecule has 2 aliphatic rings. The van der Waals surface area contributed by atoms with Gasteiger partial charge in [-0.2, -0.15) is 23.3 Å². The molecule has 0 saturated carbocycles. The molecular formula is C22H26Ru. The maximum absolute atomic E-state index is 3.71. The molecule has 0 unspecified atom stereocenters. The van der Waals surface area contributed by atoms with Crippen LogP contribution in [0.3, 0.4) is 0 Å². The molecule has 0 aromatic rings. The standard InChI is InChI=1S/2C11H13.Ru/c2*1-3-6-10-8-5-9-11(10)7-4-2;/h2*3-4,8H,1-2,5-7H2;/q2*-1;+2. The monoisotopic (exact) mass is 392 g/mol. The maximum atomic E-state index is 3.71. The normalized spacial score (nSPS) is 15.0. The largest absolute Gasteiger partial charge is 2.00 e. The summed E-state index contributed by atoms with van der Waals surface area (Å²) >= 11 is 0. The molecule has 23 heavy (non-hydrogen) atoms. The molecule has 0 aliphatic heterocycles. The molecule has 0 fully saturated rings. The Kier molecular flexibility index (Phi) is 12.2. The summed E-state index contributed by atoms with van der Waals surface area (Å²) in [5.41, 5.74) is 5.36. The Bertz CT molecular complexity index is 440. The van der Waals surface area contributed by atoms with E-state index in [9.17, 15) is 0 Å². The van der Waals surface area contributed by atoms with Crippen LogP contribution >= 0.6 is 0 Å². The first kappa shape index (κ1) is 21.5. The van der Waals surface area contributed by atoms with E-state index in [1.165, 1.54) is 22.3 Å². The van der Waals surface area contributed by atoms with Gasteiger partial charge in [-0.25, -0.2) is 11.1 Å². The van der Waals surface area contributed by atoms with Crippen LogP contribution in [0.25, 0.3) is 0 Å². The summed E-state index contributed by atoms with van der Waals surface area (Å²) in [7, 11) is 0. The average molecular weight is 392 g/mol. The number of allylic oxidation sites excluding steroid dienone is 12. The Labute approximate surface area is 155 Å². The molecule has 0 aromatic heterocycles. The van der Waals surface area contributed by atoms with Crippen LogP contribution in [0.1, 0.15) is 38.5 Å². The van der Waals surface area contributed by atoms with Crippen molar-refractivity contribution in [3.63, 3.8) is 0 Å². The van der Waals surface area contributed by atoms with Gasteiger partial charge in [-0.15, -0.1) is 51.3 Å². The van der Waals surface area contributed by atoms with Gasteiger partial charge in [-0.3, -0.25) is 12.2 Å². The van der Waals surface area contributed by atoms with Crippen LogP contribution in [0.2, 0.25) is 0 Å². The van der Waals surface area contributed by atoms with Crippen molar-refractivity contribution in [2.24, 2.45) is 0 Å². The van der Waals surface area contributed by atoms with E-state index >= 15 is 0 Å². The van der Waals surface area contributed by atoms with Crippen molar-refractivity contribution in [3.05, 3.63) is 97.2 Å². The molecule has 2 aliphatic carbocycles. The zero-order valence-corrected chi connectivity index (χ0v) is 15.6. The molecule has 0 saturated heterocycles. The van der Waals surface area contributed by atoms with E-state index in [-0.39, 0.29) is 19.5 Å². The number of hydrogen-bond acceptors (Lipinski definition) is 0. The van der Waals surface area contributed by atoms with Gasteiger partial charge in [0.05, 0.1) is 0 Å².